The summed E-state index contributed by atoms with van der Waals surface area (Å²) in [6, 6.07) is 6.48. The Hall–Kier alpha value is 0.0135. The molecule has 0 aromatic heterocycles. The summed E-state index contributed by atoms with van der Waals surface area (Å²) in [5, 5.41) is 25.1. The van der Waals surface area contributed by atoms with Gasteiger partial charge in [0.2, 0.25) is 0 Å². The Morgan fingerprint density at radius 1 is 0.273 bits per heavy atom. The van der Waals surface area contributed by atoms with Crippen molar-refractivity contribution in [3.63, 3.8) is 0 Å². The maximum absolute atomic E-state index is 4.74. The first-order valence-corrected chi connectivity index (χ1v) is 23.4. The van der Waals surface area contributed by atoms with E-state index in [1.54, 1.807) is 0 Å². The van der Waals surface area contributed by atoms with Gasteiger partial charge in [0.25, 0.3) is 0 Å². The fourth-order valence-corrected chi connectivity index (χ4v) is 10.8. The predicted molar refractivity (Wildman–Crippen MR) is 224 cm³/mol. The summed E-state index contributed by atoms with van der Waals surface area (Å²) in [5.74, 6) is 0. The molecule has 9 rings (SSSR count). The van der Waals surface area contributed by atoms with Crippen molar-refractivity contribution in [2.24, 2.45) is 0 Å². The summed E-state index contributed by atoms with van der Waals surface area (Å²) in [7, 11) is 0. The van der Waals surface area contributed by atoms with Gasteiger partial charge in [-0.1, -0.05) is 96.3 Å². The van der Waals surface area contributed by atoms with Crippen LogP contribution in [-0.4, -0.2) is 112 Å². The van der Waals surface area contributed by atoms with Gasteiger partial charge in [-0.2, -0.15) is 18.1 Å². The van der Waals surface area contributed by atoms with Crippen molar-refractivity contribution >= 4 is 0 Å². The number of hydrogen-bond donors (Lipinski definition) is 6. The van der Waals surface area contributed by atoms with E-state index in [1.807, 2.05) is 0 Å². The van der Waals surface area contributed by atoms with Gasteiger partial charge < -0.3 is 64.5 Å². The summed E-state index contributed by atoms with van der Waals surface area (Å²) < 4.78 is 0. The molecule has 0 saturated carbocycles. The third-order valence-electron chi connectivity index (χ3n) is 14.2. The molecule has 13 heteroatoms. The van der Waals surface area contributed by atoms with Gasteiger partial charge in [0, 0.05) is 36.3 Å². The van der Waals surface area contributed by atoms with Crippen molar-refractivity contribution in [2.45, 2.75) is 227 Å². The Kier molecular flexibility index (Phi) is 20.2. The zero-order chi connectivity index (χ0) is 36.6. The molecule has 6 N–H and O–H groups in total. The van der Waals surface area contributed by atoms with E-state index in [-0.39, 0.29) is 16.5 Å². The summed E-state index contributed by atoms with van der Waals surface area (Å²) in [6.45, 7) is 6.73. The van der Waals surface area contributed by atoms with Crippen molar-refractivity contribution in [2.75, 3.05) is 39.3 Å². The van der Waals surface area contributed by atoms with Crippen LogP contribution in [0.3, 0.4) is 0 Å². The molecule has 12 unspecified atom stereocenters. The Morgan fingerprint density at radius 3 is 0.800 bits per heavy atom. The minimum absolute atomic E-state index is 0. The van der Waals surface area contributed by atoms with E-state index in [0.29, 0.717) is 72.5 Å². The van der Waals surface area contributed by atoms with Crippen LogP contribution in [0.5, 0.6) is 0 Å². The maximum Gasteiger partial charge on any atom is 2.00 e. The monoisotopic (exact) mass is 809 g/mol. The van der Waals surface area contributed by atoms with Crippen LogP contribution >= 0.6 is 0 Å². The van der Waals surface area contributed by atoms with Gasteiger partial charge in [0.05, 0.1) is 0 Å². The minimum Gasteiger partial charge on any atom is -0.661 e. The van der Waals surface area contributed by atoms with Crippen molar-refractivity contribution in [1.29, 1.82) is 0 Å². The van der Waals surface area contributed by atoms with E-state index >= 15 is 0 Å². The molecule has 12 nitrogen and oxygen atoms in total. The molecule has 9 fully saturated rings. The van der Waals surface area contributed by atoms with E-state index in [4.69, 9.17) is 32.2 Å². The molecular formula is C42H78N12Ni-4. The van der Waals surface area contributed by atoms with Crippen LogP contribution in [0.15, 0.2) is 0 Å². The van der Waals surface area contributed by atoms with Gasteiger partial charge >= 0.3 is 16.5 Å². The standard InChI is InChI=1S/3C14H26N4.Ni/c3*1-3-9-15-11(5-1)13-7-8-14(18-17-13)12-6-2-4-10-16-12;/h3*11-15,17H,1-10H2;/q3*-2;+2. The second-order valence-corrected chi connectivity index (χ2v) is 18.1. The van der Waals surface area contributed by atoms with Gasteiger partial charge in [-0.25, -0.2) is 0 Å². The number of nitrogens with one attached hydrogen (secondary N) is 6. The van der Waals surface area contributed by atoms with Crippen LogP contribution in [0.4, 0.5) is 0 Å². The van der Waals surface area contributed by atoms with Crippen LogP contribution in [-0.2, 0) is 16.5 Å². The first-order valence-electron chi connectivity index (χ1n) is 23.4. The Labute approximate surface area is 345 Å². The molecule has 0 bridgehead atoms. The Balaban J connectivity index is 0.000000139. The van der Waals surface area contributed by atoms with Crippen molar-refractivity contribution in [1.82, 2.24) is 32.2 Å². The Morgan fingerprint density at radius 2 is 0.582 bits per heavy atom. The molecule has 0 aliphatic carbocycles. The summed E-state index contributed by atoms with van der Waals surface area (Å²) >= 11 is 0. The molecule has 0 aromatic rings. The van der Waals surface area contributed by atoms with Crippen LogP contribution < -0.4 is 32.2 Å². The van der Waals surface area contributed by atoms with E-state index in [9.17, 15) is 0 Å². The molecule has 9 heterocycles. The summed E-state index contributed by atoms with van der Waals surface area (Å²) in [4.78, 5) is 0. The summed E-state index contributed by atoms with van der Waals surface area (Å²) in [6.07, 6.45) is 31.2. The van der Waals surface area contributed by atoms with Gasteiger partial charge in [0.1, 0.15) is 0 Å². The quantitative estimate of drug-likeness (QED) is 0.154. The number of rotatable bonds is 6. The molecule has 55 heavy (non-hydrogen) atoms. The average Bonchev–Trinajstić information content (AvgIpc) is 3.29. The zero-order valence-electron chi connectivity index (χ0n) is 34.1. The molecule has 9 saturated heterocycles. The molecule has 12 atom stereocenters. The van der Waals surface area contributed by atoms with E-state index in [0.717, 1.165) is 19.6 Å². The maximum atomic E-state index is 4.74. The SMILES string of the molecule is C1CCC(C2CCC(C3CCCCN3)N[N-]2)[N-]C1.C1CCC(C2CCC(C3CCCCN3)N[N-]2)[N-]C1.C1CCC(C2CCC(C3CCCCN3)N[N-]2)[N-]C1.[Ni+2]. The van der Waals surface area contributed by atoms with E-state index < -0.39 is 0 Å². The summed E-state index contributed by atoms with van der Waals surface area (Å²) in [5.41, 5.74) is 24.5. The van der Waals surface area contributed by atoms with Gasteiger partial charge in [0.15, 0.2) is 0 Å². The van der Waals surface area contributed by atoms with Crippen LogP contribution in [0.25, 0.3) is 32.2 Å². The van der Waals surface area contributed by atoms with Gasteiger partial charge in [-0.05, 0) is 77.4 Å². The minimum atomic E-state index is 0. The molecule has 0 spiro atoms. The molecule has 9 aliphatic rings. The molecule has 0 radical (unpaired) electrons. The largest absolute Gasteiger partial charge is 2.00 e. The molecular weight excluding hydrogens is 731 g/mol. The van der Waals surface area contributed by atoms with Crippen LogP contribution in [0.2, 0.25) is 0 Å². The zero-order valence-corrected chi connectivity index (χ0v) is 35.1. The van der Waals surface area contributed by atoms with Gasteiger partial charge in [-0.15, -0.1) is 37.8 Å². The molecule has 9 aliphatic heterocycles. The smallest absolute Gasteiger partial charge is 0.661 e. The number of nitrogens with zero attached hydrogens (tertiary/aromatic N) is 6. The molecule has 0 aromatic carbocycles. The number of piperidine rings is 6. The number of hydrogen-bond acceptors (Lipinski definition) is 6. The second kappa shape index (κ2) is 24.9. The van der Waals surface area contributed by atoms with Crippen molar-refractivity contribution in [3.8, 4) is 0 Å². The van der Waals surface area contributed by atoms with E-state index in [1.165, 1.54) is 174 Å². The normalized spacial score (nSPS) is 41.9. The third-order valence-corrected chi connectivity index (χ3v) is 14.2. The topological polar surface area (TPSA) is 157 Å². The Bertz CT molecular complexity index is 767. The van der Waals surface area contributed by atoms with E-state index in [2.05, 4.69) is 32.2 Å². The molecule has 0 amide bonds. The van der Waals surface area contributed by atoms with Crippen LogP contribution in [0, 0.1) is 0 Å². The third kappa shape index (κ3) is 14.0. The fourth-order valence-electron chi connectivity index (χ4n) is 10.8. The average molecular weight is 810 g/mol. The van der Waals surface area contributed by atoms with Gasteiger partial charge in [-0.3, -0.25) is 0 Å². The second-order valence-electron chi connectivity index (χ2n) is 18.1. The fraction of sp³-hybridized carbons (Fsp3) is 1.00. The predicted octanol–water partition coefficient (Wildman–Crippen LogP) is 7.39. The molecule has 320 valence electrons. The first kappa shape index (κ1) is 44.6. The van der Waals surface area contributed by atoms with Crippen molar-refractivity contribution in [3.05, 3.63) is 32.2 Å². The van der Waals surface area contributed by atoms with Crippen molar-refractivity contribution < 1.29 is 16.5 Å². The first-order chi connectivity index (χ1) is 26.8. The van der Waals surface area contributed by atoms with Crippen LogP contribution in [0.1, 0.15) is 154 Å².